The van der Waals surface area contributed by atoms with Gasteiger partial charge in [-0.2, -0.15) is 0 Å². The Morgan fingerprint density at radius 3 is 2.70 bits per heavy atom. The minimum Gasteiger partial charge on any atom is -0.465 e. The molecule has 0 aliphatic carbocycles. The van der Waals surface area contributed by atoms with Crippen molar-refractivity contribution >= 4 is 56.2 Å². The molecule has 1 fully saturated rings. The fourth-order valence-corrected chi connectivity index (χ4v) is 6.19. The van der Waals surface area contributed by atoms with Crippen molar-refractivity contribution in [1.82, 2.24) is 10.2 Å². The number of carbonyl (C=O) groups is 2. The topological polar surface area (TPSA) is 82.0 Å². The molecule has 2 amide bonds. The van der Waals surface area contributed by atoms with Crippen LogP contribution in [0.2, 0.25) is 0 Å². The van der Waals surface area contributed by atoms with Crippen LogP contribution in [0, 0.1) is 5.92 Å². The molecule has 0 spiro atoms. The van der Waals surface area contributed by atoms with Crippen molar-refractivity contribution in [3.63, 3.8) is 0 Å². The zero-order valence-corrected chi connectivity index (χ0v) is 17.3. The lowest BCUT2D eigenvalue weighted by molar-refractivity contribution is 0.0977. The van der Waals surface area contributed by atoms with Crippen molar-refractivity contribution in [2.24, 2.45) is 10.9 Å². The fourth-order valence-electron chi connectivity index (χ4n) is 3.46. The number of nitrogens with one attached hydrogen (secondary N) is 1. The van der Waals surface area contributed by atoms with Crippen LogP contribution < -0.4 is 5.32 Å². The van der Waals surface area contributed by atoms with Gasteiger partial charge in [0.15, 0.2) is 5.17 Å². The standard InChI is InChI=1S/C18H16BrN3O3S2/c19-14-7-6-13(27-14)18-10-22(17(24)25)8-12(18)9-26-16(21-18)20-15(23)11-4-2-1-3-5-11/h1-7,12H,8-10H2,(H,24,25)(H,20,21,23)/t12-,18-/m0/s1. The number of fused-ring (bicyclic) bond motifs is 1. The van der Waals surface area contributed by atoms with E-state index in [1.54, 1.807) is 23.5 Å². The zero-order valence-electron chi connectivity index (χ0n) is 14.1. The Bertz CT molecular complexity index is 918. The Kier molecular flexibility index (Phi) is 5.00. The monoisotopic (exact) mass is 465 g/mol. The molecule has 1 aromatic heterocycles. The number of hydrogen-bond acceptors (Lipinski definition) is 5. The van der Waals surface area contributed by atoms with Crippen molar-refractivity contribution < 1.29 is 14.7 Å². The number of thioether (sulfide) groups is 1. The molecular weight excluding hydrogens is 450 g/mol. The summed E-state index contributed by atoms with van der Waals surface area (Å²) in [5.74, 6) is 0.560. The van der Waals surface area contributed by atoms with Gasteiger partial charge in [0.2, 0.25) is 0 Å². The first-order chi connectivity index (χ1) is 13.0. The van der Waals surface area contributed by atoms with Gasteiger partial charge >= 0.3 is 6.09 Å². The van der Waals surface area contributed by atoms with E-state index in [4.69, 9.17) is 4.99 Å². The van der Waals surface area contributed by atoms with Crippen LogP contribution in [0.5, 0.6) is 0 Å². The summed E-state index contributed by atoms with van der Waals surface area (Å²) in [7, 11) is 0. The number of hydrogen-bond donors (Lipinski definition) is 2. The molecule has 140 valence electrons. The van der Waals surface area contributed by atoms with Gasteiger partial charge < -0.3 is 15.3 Å². The molecule has 0 saturated carbocycles. The SMILES string of the molecule is O=C(NC1=N[C@@]2(c3ccc(Br)s3)CN(C(=O)O)C[C@H]2CS1)c1ccccc1. The van der Waals surface area contributed by atoms with E-state index >= 15 is 0 Å². The van der Waals surface area contributed by atoms with E-state index in [1.807, 2.05) is 30.3 Å². The van der Waals surface area contributed by atoms with Crippen LogP contribution in [-0.4, -0.2) is 46.0 Å². The fraction of sp³-hybridized carbons (Fsp3) is 0.278. The van der Waals surface area contributed by atoms with Gasteiger partial charge in [0.25, 0.3) is 5.91 Å². The molecule has 3 heterocycles. The number of nitrogens with zero attached hydrogens (tertiary/aromatic N) is 2. The normalized spacial score (nSPS) is 24.3. The van der Waals surface area contributed by atoms with Crippen molar-refractivity contribution in [3.8, 4) is 0 Å². The second kappa shape index (κ2) is 7.29. The van der Waals surface area contributed by atoms with Crippen LogP contribution >= 0.6 is 39.0 Å². The number of halogens is 1. The van der Waals surface area contributed by atoms with Gasteiger partial charge in [-0.15, -0.1) is 11.3 Å². The molecule has 0 unspecified atom stereocenters. The summed E-state index contributed by atoms with van der Waals surface area (Å²) in [5, 5.41) is 12.9. The van der Waals surface area contributed by atoms with Crippen molar-refractivity contribution in [3.05, 3.63) is 56.7 Å². The van der Waals surface area contributed by atoms with Crippen LogP contribution in [0.3, 0.4) is 0 Å². The molecule has 0 radical (unpaired) electrons. The molecule has 2 N–H and O–H groups in total. The number of rotatable bonds is 2. The predicted molar refractivity (Wildman–Crippen MR) is 111 cm³/mol. The molecule has 2 aromatic rings. The molecule has 27 heavy (non-hydrogen) atoms. The summed E-state index contributed by atoms with van der Waals surface area (Å²) in [6.07, 6.45) is -0.936. The Labute approximate surface area is 172 Å². The van der Waals surface area contributed by atoms with E-state index in [0.29, 0.717) is 29.6 Å². The second-order valence-corrected chi connectivity index (χ2v) is 9.91. The lowest BCUT2D eigenvalue weighted by atomic mass is 9.87. The Morgan fingerprint density at radius 2 is 2.04 bits per heavy atom. The third-order valence-corrected chi connectivity index (χ3v) is 7.62. The highest BCUT2D eigenvalue weighted by Gasteiger charge is 2.52. The zero-order chi connectivity index (χ0) is 19.0. The van der Waals surface area contributed by atoms with E-state index < -0.39 is 11.6 Å². The molecule has 2 aliphatic rings. The van der Waals surface area contributed by atoms with Crippen LogP contribution in [0.4, 0.5) is 4.79 Å². The van der Waals surface area contributed by atoms with Gasteiger partial charge in [-0.25, -0.2) is 9.79 Å². The van der Waals surface area contributed by atoms with Crippen molar-refractivity contribution in [2.45, 2.75) is 5.54 Å². The second-order valence-electron chi connectivity index (χ2n) is 6.44. The maximum Gasteiger partial charge on any atom is 0.407 e. The molecule has 9 heteroatoms. The number of benzene rings is 1. The lowest BCUT2D eigenvalue weighted by Crippen LogP contribution is -2.42. The number of amidine groups is 1. The summed E-state index contributed by atoms with van der Waals surface area (Å²) >= 11 is 6.52. The summed E-state index contributed by atoms with van der Waals surface area (Å²) < 4.78 is 0.975. The average Bonchev–Trinajstić information content (AvgIpc) is 3.26. The van der Waals surface area contributed by atoms with E-state index in [2.05, 4.69) is 21.2 Å². The highest BCUT2D eigenvalue weighted by atomic mass is 79.9. The Balaban J connectivity index is 1.67. The molecule has 1 aromatic carbocycles. The smallest absolute Gasteiger partial charge is 0.407 e. The number of carbonyl (C=O) groups excluding carboxylic acids is 1. The summed E-state index contributed by atoms with van der Waals surface area (Å²) in [4.78, 5) is 31.4. The van der Waals surface area contributed by atoms with Gasteiger partial charge in [0.05, 0.1) is 10.3 Å². The molecule has 4 rings (SSSR count). The van der Waals surface area contributed by atoms with Gasteiger partial charge in [-0.1, -0.05) is 30.0 Å². The summed E-state index contributed by atoms with van der Waals surface area (Å²) in [5.41, 5.74) is -0.0889. The van der Waals surface area contributed by atoms with Gasteiger partial charge in [-0.3, -0.25) is 4.79 Å². The first kappa shape index (κ1) is 18.5. The van der Waals surface area contributed by atoms with Crippen LogP contribution in [0.15, 0.2) is 51.2 Å². The van der Waals surface area contributed by atoms with Crippen LogP contribution in [0.1, 0.15) is 15.2 Å². The molecular formula is C18H16BrN3O3S2. The van der Waals surface area contributed by atoms with Crippen molar-refractivity contribution in [1.29, 1.82) is 0 Å². The molecule has 6 nitrogen and oxygen atoms in total. The highest BCUT2D eigenvalue weighted by Crippen LogP contribution is 2.48. The first-order valence-corrected chi connectivity index (χ1v) is 10.9. The minimum absolute atomic E-state index is 0.0709. The highest BCUT2D eigenvalue weighted by molar-refractivity contribution is 9.11. The number of likely N-dealkylation sites (tertiary alicyclic amines) is 1. The molecule has 2 aliphatic heterocycles. The molecule has 2 atom stereocenters. The number of thiophene rings is 1. The Morgan fingerprint density at radius 1 is 1.26 bits per heavy atom. The van der Waals surface area contributed by atoms with E-state index in [9.17, 15) is 14.7 Å². The Hall–Kier alpha value is -1.84. The van der Waals surface area contributed by atoms with Crippen LogP contribution in [-0.2, 0) is 5.54 Å². The summed E-state index contributed by atoms with van der Waals surface area (Å²) in [6.45, 7) is 0.743. The molecule has 1 saturated heterocycles. The van der Waals surface area contributed by atoms with E-state index in [-0.39, 0.29) is 11.8 Å². The van der Waals surface area contributed by atoms with Gasteiger partial charge in [0, 0.05) is 28.7 Å². The van der Waals surface area contributed by atoms with Gasteiger partial charge in [0.1, 0.15) is 5.54 Å². The maximum absolute atomic E-state index is 12.5. The number of carboxylic acid groups (broad SMARTS) is 1. The number of aliphatic imine (C=N–C) groups is 1. The van der Waals surface area contributed by atoms with Gasteiger partial charge in [-0.05, 0) is 40.2 Å². The third kappa shape index (κ3) is 3.51. The average molecular weight is 466 g/mol. The predicted octanol–water partition coefficient (Wildman–Crippen LogP) is 3.85. The minimum atomic E-state index is -0.936. The first-order valence-electron chi connectivity index (χ1n) is 8.31. The summed E-state index contributed by atoms with van der Waals surface area (Å²) in [6, 6.07) is 12.9. The maximum atomic E-state index is 12.5. The quantitative estimate of drug-likeness (QED) is 0.705. The van der Waals surface area contributed by atoms with E-state index in [1.165, 1.54) is 16.7 Å². The van der Waals surface area contributed by atoms with Crippen molar-refractivity contribution in [2.75, 3.05) is 18.8 Å². The lowest BCUT2D eigenvalue weighted by Gasteiger charge is -2.34. The van der Waals surface area contributed by atoms with Crippen LogP contribution in [0.25, 0.3) is 0 Å². The number of amides is 2. The third-order valence-electron chi connectivity index (χ3n) is 4.80. The van der Waals surface area contributed by atoms with E-state index in [0.717, 1.165) is 8.66 Å². The molecule has 0 bridgehead atoms. The largest absolute Gasteiger partial charge is 0.465 e.